The zero-order chi connectivity index (χ0) is 24.6. The molecule has 0 spiro atoms. The van der Waals surface area contributed by atoms with Crippen LogP contribution in [0.3, 0.4) is 0 Å². The second kappa shape index (κ2) is 12.3. The van der Waals surface area contributed by atoms with Crippen LogP contribution in [0.25, 0.3) is 0 Å². The minimum absolute atomic E-state index is 0.0213. The van der Waals surface area contributed by atoms with Gasteiger partial charge in [-0.1, -0.05) is 75.5 Å². The summed E-state index contributed by atoms with van der Waals surface area (Å²) in [6.45, 7) is 8.70. The zero-order valence-electron chi connectivity index (χ0n) is 19.6. The number of amides is 3. The summed E-state index contributed by atoms with van der Waals surface area (Å²) in [4.78, 5) is 26.5. The van der Waals surface area contributed by atoms with Gasteiger partial charge < -0.3 is 20.6 Å². The standard InChI is InChI=1S/C25H33Cl2N3O3/c1-5-6-13-30(16-22(31)18-9-12-20(26)21(27)14-18)24(33)29-19-10-7-17(8-11-19)15-28-23(32)25(2,3)4/h7-12,14,22,31H,5-6,13,15-16H2,1-4H3,(H,28,32)(H,29,33)/t22-/m1/s1. The van der Waals surface area contributed by atoms with Crippen LogP contribution in [-0.4, -0.2) is 35.0 Å². The number of unbranched alkanes of at least 4 members (excludes halogenated alkanes) is 1. The van der Waals surface area contributed by atoms with Gasteiger partial charge in [-0.3, -0.25) is 4.79 Å². The molecular formula is C25H33Cl2N3O3. The molecule has 0 heterocycles. The van der Waals surface area contributed by atoms with E-state index in [1.54, 1.807) is 35.2 Å². The van der Waals surface area contributed by atoms with Crippen molar-refractivity contribution >= 4 is 40.8 Å². The molecule has 0 aliphatic heterocycles. The Balaban J connectivity index is 2.00. The molecule has 0 unspecified atom stereocenters. The predicted molar refractivity (Wildman–Crippen MR) is 135 cm³/mol. The van der Waals surface area contributed by atoms with Gasteiger partial charge in [0, 0.05) is 24.2 Å². The molecule has 2 rings (SSSR count). The first-order chi connectivity index (χ1) is 15.5. The van der Waals surface area contributed by atoms with Gasteiger partial charge in [0.2, 0.25) is 5.91 Å². The molecule has 180 valence electrons. The van der Waals surface area contributed by atoms with Crippen molar-refractivity contribution in [3.8, 4) is 0 Å². The monoisotopic (exact) mass is 493 g/mol. The maximum atomic E-state index is 12.9. The van der Waals surface area contributed by atoms with E-state index in [2.05, 4.69) is 10.6 Å². The molecule has 3 N–H and O–H groups in total. The highest BCUT2D eigenvalue weighted by Crippen LogP contribution is 2.26. The maximum Gasteiger partial charge on any atom is 0.321 e. The molecule has 0 aliphatic rings. The average molecular weight is 494 g/mol. The van der Waals surface area contributed by atoms with E-state index in [0.29, 0.717) is 34.4 Å². The first-order valence-electron chi connectivity index (χ1n) is 11.1. The maximum absolute atomic E-state index is 12.9. The molecule has 8 heteroatoms. The number of halogens is 2. The number of urea groups is 1. The first-order valence-corrected chi connectivity index (χ1v) is 11.8. The van der Waals surface area contributed by atoms with Gasteiger partial charge in [-0.25, -0.2) is 4.79 Å². The largest absolute Gasteiger partial charge is 0.387 e. The fourth-order valence-corrected chi connectivity index (χ4v) is 3.32. The molecule has 1 atom stereocenters. The van der Waals surface area contributed by atoms with Gasteiger partial charge in [0.25, 0.3) is 0 Å². The lowest BCUT2D eigenvalue weighted by atomic mass is 9.95. The van der Waals surface area contributed by atoms with Crippen molar-refractivity contribution in [2.24, 2.45) is 5.41 Å². The van der Waals surface area contributed by atoms with E-state index in [1.165, 1.54) is 0 Å². The summed E-state index contributed by atoms with van der Waals surface area (Å²) in [6, 6.07) is 12.0. The second-order valence-electron chi connectivity index (χ2n) is 9.05. The van der Waals surface area contributed by atoms with E-state index in [9.17, 15) is 14.7 Å². The quantitative estimate of drug-likeness (QED) is 0.399. The molecule has 0 saturated heterocycles. The molecule has 2 aromatic rings. The van der Waals surface area contributed by atoms with Crippen molar-refractivity contribution in [1.82, 2.24) is 10.2 Å². The molecule has 3 amide bonds. The number of benzene rings is 2. The summed E-state index contributed by atoms with van der Waals surface area (Å²) in [5, 5.41) is 17.2. The van der Waals surface area contributed by atoms with Crippen molar-refractivity contribution in [2.45, 2.75) is 53.2 Å². The number of nitrogens with zero attached hydrogens (tertiary/aromatic N) is 1. The minimum Gasteiger partial charge on any atom is -0.387 e. The topological polar surface area (TPSA) is 81.7 Å². The third kappa shape index (κ3) is 8.54. The zero-order valence-corrected chi connectivity index (χ0v) is 21.1. The van der Waals surface area contributed by atoms with Gasteiger partial charge in [0.1, 0.15) is 0 Å². The highest BCUT2D eigenvalue weighted by atomic mass is 35.5. The lowest BCUT2D eigenvalue weighted by molar-refractivity contribution is -0.128. The van der Waals surface area contributed by atoms with Crippen LogP contribution in [0.15, 0.2) is 42.5 Å². The highest BCUT2D eigenvalue weighted by molar-refractivity contribution is 6.42. The van der Waals surface area contributed by atoms with Crippen molar-refractivity contribution in [3.63, 3.8) is 0 Å². The number of carbonyl (C=O) groups is 2. The fraction of sp³-hybridized carbons (Fsp3) is 0.440. The van der Waals surface area contributed by atoms with Crippen LogP contribution < -0.4 is 10.6 Å². The van der Waals surface area contributed by atoms with Crippen LogP contribution in [0, 0.1) is 5.41 Å². The molecule has 0 bridgehead atoms. The number of nitrogens with one attached hydrogen (secondary N) is 2. The van der Waals surface area contributed by atoms with Gasteiger partial charge in [-0.05, 0) is 41.8 Å². The lowest BCUT2D eigenvalue weighted by Crippen LogP contribution is -2.38. The number of anilines is 1. The van der Waals surface area contributed by atoms with Gasteiger partial charge in [-0.2, -0.15) is 0 Å². The average Bonchev–Trinajstić information content (AvgIpc) is 2.76. The number of aliphatic hydroxyl groups excluding tert-OH is 1. The van der Waals surface area contributed by atoms with Crippen molar-refractivity contribution < 1.29 is 14.7 Å². The van der Waals surface area contributed by atoms with Crippen LogP contribution in [0.1, 0.15) is 57.8 Å². The minimum atomic E-state index is -0.892. The SMILES string of the molecule is CCCCN(C[C@@H](O)c1ccc(Cl)c(Cl)c1)C(=O)Nc1ccc(CNC(=O)C(C)(C)C)cc1. The second-order valence-corrected chi connectivity index (χ2v) is 9.86. The Labute approximate surface area is 206 Å². The summed E-state index contributed by atoms with van der Waals surface area (Å²) < 4.78 is 0. The summed E-state index contributed by atoms with van der Waals surface area (Å²) in [5.41, 5.74) is 1.72. The van der Waals surface area contributed by atoms with Crippen molar-refractivity contribution in [2.75, 3.05) is 18.4 Å². The van der Waals surface area contributed by atoms with E-state index in [1.807, 2.05) is 39.8 Å². The molecular weight excluding hydrogens is 461 g/mol. The smallest absolute Gasteiger partial charge is 0.321 e. The molecule has 2 aromatic carbocycles. The first kappa shape index (κ1) is 27.0. The molecule has 0 radical (unpaired) electrons. The molecule has 6 nitrogen and oxygen atoms in total. The molecule has 0 fully saturated rings. The third-order valence-corrected chi connectivity index (χ3v) is 5.87. The number of aliphatic hydroxyl groups is 1. The number of hydrogen-bond donors (Lipinski definition) is 3. The summed E-state index contributed by atoms with van der Waals surface area (Å²) in [7, 11) is 0. The molecule has 0 saturated carbocycles. The van der Waals surface area contributed by atoms with Crippen molar-refractivity contribution in [3.05, 3.63) is 63.6 Å². The Morgan fingerprint density at radius 3 is 2.30 bits per heavy atom. The molecule has 0 aliphatic carbocycles. The fourth-order valence-electron chi connectivity index (χ4n) is 3.01. The van der Waals surface area contributed by atoms with E-state index in [0.717, 1.165) is 18.4 Å². The summed E-state index contributed by atoms with van der Waals surface area (Å²) in [6.07, 6.45) is 0.839. The van der Waals surface area contributed by atoms with Gasteiger partial charge in [0.15, 0.2) is 0 Å². The Bertz CT molecular complexity index is 943. The Morgan fingerprint density at radius 2 is 1.73 bits per heavy atom. The Morgan fingerprint density at radius 1 is 1.06 bits per heavy atom. The van der Waals surface area contributed by atoms with E-state index in [-0.39, 0.29) is 18.5 Å². The summed E-state index contributed by atoms with van der Waals surface area (Å²) in [5.74, 6) is -0.0213. The third-order valence-electron chi connectivity index (χ3n) is 5.13. The van der Waals surface area contributed by atoms with Gasteiger partial charge >= 0.3 is 6.03 Å². The van der Waals surface area contributed by atoms with Crippen molar-refractivity contribution in [1.29, 1.82) is 0 Å². The number of hydrogen-bond acceptors (Lipinski definition) is 3. The van der Waals surface area contributed by atoms with Crippen LogP contribution in [0.2, 0.25) is 10.0 Å². The highest BCUT2D eigenvalue weighted by Gasteiger charge is 2.21. The van der Waals surface area contributed by atoms with Gasteiger partial charge in [-0.15, -0.1) is 0 Å². The molecule has 33 heavy (non-hydrogen) atoms. The van der Waals surface area contributed by atoms with Crippen LogP contribution in [-0.2, 0) is 11.3 Å². The van der Waals surface area contributed by atoms with Crippen LogP contribution in [0.4, 0.5) is 10.5 Å². The van der Waals surface area contributed by atoms with Crippen LogP contribution >= 0.6 is 23.2 Å². The summed E-state index contributed by atoms with van der Waals surface area (Å²) >= 11 is 12.0. The van der Waals surface area contributed by atoms with Crippen LogP contribution in [0.5, 0.6) is 0 Å². The van der Waals surface area contributed by atoms with E-state index >= 15 is 0 Å². The van der Waals surface area contributed by atoms with E-state index < -0.39 is 11.5 Å². The number of rotatable bonds is 9. The lowest BCUT2D eigenvalue weighted by Gasteiger charge is -2.26. The Kier molecular flexibility index (Phi) is 10.0. The molecule has 0 aromatic heterocycles. The van der Waals surface area contributed by atoms with E-state index in [4.69, 9.17) is 23.2 Å². The van der Waals surface area contributed by atoms with Gasteiger partial charge in [0.05, 0.1) is 22.7 Å². The Hall–Kier alpha value is -2.28. The number of carbonyl (C=O) groups excluding carboxylic acids is 2. The predicted octanol–water partition coefficient (Wildman–Crippen LogP) is 6.02. The normalized spacial score (nSPS) is 12.2.